The molecule has 0 bridgehead atoms. The van der Waals surface area contributed by atoms with Crippen LogP contribution in [0, 0.1) is 11.6 Å². The van der Waals surface area contributed by atoms with E-state index in [0.29, 0.717) is 37.4 Å². The number of phenols is 1. The molecule has 1 unspecified atom stereocenters. The molecule has 1 N–H and O–H groups in total. The Morgan fingerprint density at radius 3 is 2.55 bits per heavy atom. The number of piperazine rings is 1. The first kappa shape index (κ1) is 29.9. The van der Waals surface area contributed by atoms with Gasteiger partial charge >= 0.3 is 0 Å². The number of nitrogens with zero attached hydrogens (tertiary/aromatic N) is 6. The Morgan fingerprint density at radius 1 is 1.19 bits per heavy atom. The second-order valence-corrected chi connectivity index (χ2v) is 11.7. The van der Waals surface area contributed by atoms with Crippen LogP contribution in [0.5, 0.6) is 5.75 Å². The van der Waals surface area contributed by atoms with Crippen molar-refractivity contribution in [2.75, 3.05) is 49.6 Å². The summed E-state index contributed by atoms with van der Waals surface area (Å²) in [6, 6.07) is 4.87. The number of rotatable bonds is 7. The van der Waals surface area contributed by atoms with E-state index in [9.17, 15) is 18.7 Å². The summed E-state index contributed by atoms with van der Waals surface area (Å²) in [6.07, 6.45) is 0.307. The summed E-state index contributed by atoms with van der Waals surface area (Å²) in [4.78, 5) is 29.4. The van der Waals surface area contributed by atoms with Gasteiger partial charge in [-0.25, -0.2) is 18.2 Å². The van der Waals surface area contributed by atoms with Gasteiger partial charge in [-0.1, -0.05) is 24.2 Å². The highest BCUT2D eigenvalue weighted by Gasteiger charge is 2.37. The van der Waals surface area contributed by atoms with E-state index in [0.717, 1.165) is 6.07 Å². The molecule has 42 heavy (non-hydrogen) atoms. The van der Waals surface area contributed by atoms with Crippen LogP contribution in [0.3, 0.4) is 0 Å². The lowest BCUT2D eigenvalue weighted by molar-refractivity contribution is -0.128. The molecule has 2 aromatic carbocycles. The third-order valence-electron chi connectivity index (χ3n) is 8.12. The van der Waals surface area contributed by atoms with E-state index in [-0.39, 0.29) is 58.2 Å². The monoisotopic (exact) mass is 602 g/mol. The summed E-state index contributed by atoms with van der Waals surface area (Å²) in [5.74, 6) is -1.64. The Morgan fingerprint density at radius 2 is 1.90 bits per heavy atom. The Balaban J connectivity index is 1.63. The minimum Gasteiger partial charge on any atom is -0.507 e. The van der Waals surface area contributed by atoms with Crippen molar-refractivity contribution in [2.24, 2.45) is 0 Å². The Labute approximate surface area is 248 Å². The van der Waals surface area contributed by atoms with Crippen molar-refractivity contribution >= 4 is 40.2 Å². The van der Waals surface area contributed by atoms with Crippen LogP contribution in [0.2, 0.25) is 5.02 Å². The van der Waals surface area contributed by atoms with Crippen LogP contribution in [0.4, 0.5) is 24.9 Å². The van der Waals surface area contributed by atoms with Crippen molar-refractivity contribution in [1.29, 1.82) is 0 Å². The molecule has 2 aliphatic rings. The van der Waals surface area contributed by atoms with Gasteiger partial charge < -0.3 is 19.8 Å². The van der Waals surface area contributed by atoms with E-state index < -0.39 is 23.6 Å². The number of halogens is 4. The van der Waals surface area contributed by atoms with Gasteiger partial charge in [0.2, 0.25) is 11.9 Å². The van der Waals surface area contributed by atoms with E-state index in [1.165, 1.54) is 31.2 Å². The van der Waals surface area contributed by atoms with Gasteiger partial charge in [0.05, 0.1) is 10.6 Å². The van der Waals surface area contributed by atoms with Crippen molar-refractivity contribution in [2.45, 2.75) is 45.1 Å². The van der Waals surface area contributed by atoms with Crippen molar-refractivity contribution in [3.8, 4) is 16.9 Å². The zero-order valence-corrected chi connectivity index (χ0v) is 24.7. The number of amides is 1. The molecule has 0 spiro atoms. The van der Waals surface area contributed by atoms with Gasteiger partial charge in [-0.05, 0) is 52.1 Å². The fraction of sp³-hybridized carbons (Fsp3) is 0.433. The second-order valence-electron chi connectivity index (χ2n) is 11.2. The average molecular weight is 603 g/mol. The summed E-state index contributed by atoms with van der Waals surface area (Å²) < 4.78 is 44.9. The second kappa shape index (κ2) is 11.6. The molecule has 2 fully saturated rings. The summed E-state index contributed by atoms with van der Waals surface area (Å²) >= 11 is 6.58. The van der Waals surface area contributed by atoms with Gasteiger partial charge in [-0.2, -0.15) is 4.98 Å². The highest BCUT2D eigenvalue weighted by Crippen LogP contribution is 2.43. The van der Waals surface area contributed by atoms with Crippen LogP contribution in [0.25, 0.3) is 22.0 Å². The van der Waals surface area contributed by atoms with Crippen LogP contribution in [-0.4, -0.2) is 94.9 Å². The van der Waals surface area contributed by atoms with Gasteiger partial charge in [0.15, 0.2) is 5.82 Å². The fourth-order valence-corrected chi connectivity index (χ4v) is 6.09. The van der Waals surface area contributed by atoms with Crippen LogP contribution in [0.15, 0.2) is 36.9 Å². The highest BCUT2D eigenvalue weighted by atomic mass is 35.5. The molecule has 3 heterocycles. The molecule has 3 atom stereocenters. The molecule has 0 aliphatic carbocycles. The summed E-state index contributed by atoms with van der Waals surface area (Å²) in [5.41, 5.74) is -0.722. The average Bonchev–Trinajstić information content (AvgIpc) is 2.89. The van der Waals surface area contributed by atoms with Crippen molar-refractivity contribution < 1.29 is 23.1 Å². The maximum atomic E-state index is 16.4. The topological polar surface area (TPSA) is 76.0 Å². The number of fused-ring (bicyclic) bond motifs is 1. The zero-order valence-electron chi connectivity index (χ0n) is 24.0. The number of alkyl halides is 1. The van der Waals surface area contributed by atoms with Crippen molar-refractivity contribution in [3.05, 3.63) is 53.6 Å². The Hall–Kier alpha value is -3.57. The predicted molar refractivity (Wildman–Crippen MR) is 159 cm³/mol. The summed E-state index contributed by atoms with van der Waals surface area (Å²) in [6.45, 7) is 11.1. The van der Waals surface area contributed by atoms with Crippen molar-refractivity contribution in [1.82, 2.24) is 19.8 Å². The minimum absolute atomic E-state index is 0.0688. The zero-order chi connectivity index (χ0) is 30.5. The first-order chi connectivity index (χ1) is 19.9. The Kier molecular flexibility index (Phi) is 8.26. The largest absolute Gasteiger partial charge is 0.507 e. The molecule has 0 radical (unpaired) electrons. The van der Waals surface area contributed by atoms with Crippen LogP contribution < -0.4 is 9.80 Å². The summed E-state index contributed by atoms with van der Waals surface area (Å²) in [7, 11) is 1.85. The lowest BCUT2D eigenvalue weighted by Gasteiger charge is -2.46. The fourth-order valence-electron chi connectivity index (χ4n) is 5.81. The number of carbonyl (C=O) groups excluding carboxylic acids is 1. The normalized spacial score (nSPS) is 20.3. The standard InChI is InChI=1S/C30H34ClF3N6O2/c1-6-24(42)39-12-18(4)40(13-17(39)3)29-20-10-21(31)25(26-22(33)8-7-9-23(26)41)27(34)28(20)35-30(36-29)38-14-19(15-38)37(5)11-16(2)32/h6-10,16-19,41H,1,11-15H2,2-5H3/t16?,17-,18+/m1/s1. The summed E-state index contributed by atoms with van der Waals surface area (Å²) in [5, 5.41) is 10.6. The number of hydrogen-bond donors (Lipinski definition) is 1. The SMILES string of the molecule is C=CC(=O)N1C[C@H](C)N(c2nc(N3CC(N(C)CC(C)F)C3)nc3c(F)c(-c4c(O)cccc4F)c(Cl)cc23)C[C@H]1C. The van der Waals surface area contributed by atoms with E-state index in [1.54, 1.807) is 4.90 Å². The number of phenolic OH excluding ortho intramolecular Hbond substituents is 1. The smallest absolute Gasteiger partial charge is 0.246 e. The first-order valence-electron chi connectivity index (χ1n) is 13.9. The maximum absolute atomic E-state index is 16.4. The number of likely N-dealkylation sites (N-methyl/N-ethyl adjacent to an activating group) is 1. The molecular weight excluding hydrogens is 569 g/mol. The molecule has 1 aromatic heterocycles. The third-order valence-corrected chi connectivity index (χ3v) is 8.41. The van der Waals surface area contributed by atoms with Crippen molar-refractivity contribution in [3.63, 3.8) is 0 Å². The molecule has 0 saturated carbocycles. The molecule has 12 heteroatoms. The lowest BCUT2D eigenvalue weighted by Crippen LogP contribution is -2.60. The van der Waals surface area contributed by atoms with E-state index >= 15 is 4.39 Å². The third kappa shape index (κ3) is 5.35. The number of carbonyl (C=O) groups is 1. The van der Waals surface area contributed by atoms with E-state index in [4.69, 9.17) is 16.6 Å². The predicted octanol–water partition coefficient (Wildman–Crippen LogP) is 5.02. The molecule has 3 aromatic rings. The van der Waals surface area contributed by atoms with E-state index in [1.807, 2.05) is 35.6 Å². The van der Waals surface area contributed by atoms with Gasteiger partial charge in [0.25, 0.3) is 0 Å². The van der Waals surface area contributed by atoms with Crippen LogP contribution >= 0.6 is 11.6 Å². The molecular formula is C30H34ClF3N6O2. The molecule has 224 valence electrons. The van der Waals surface area contributed by atoms with Gasteiger partial charge in [0.1, 0.15) is 29.1 Å². The maximum Gasteiger partial charge on any atom is 0.246 e. The number of aromatic hydroxyl groups is 1. The molecule has 8 nitrogen and oxygen atoms in total. The van der Waals surface area contributed by atoms with E-state index in [2.05, 4.69) is 11.6 Å². The molecule has 2 aliphatic heterocycles. The van der Waals surface area contributed by atoms with Gasteiger partial charge in [0, 0.05) is 61.8 Å². The molecule has 1 amide bonds. The van der Waals surface area contributed by atoms with Gasteiger partial charge in [-0.15, -0.1) is 0 Å². The number of hydrogen-bond acceptors (Lipinski definition) is 7. The molecule has 2 saturated heterocycles. The first-order valence-corrected chi connectivity index (χ1v) is 14.3. The minimum atomic E-state index is -0.977. The number of anilines is 2. The number of benzene rings is 2. The lowest BCUT2D eigenvalue weighted by atomic mass is 10.00. The van der Waals surface area contributed by atoms with Crippen LogP contribution in [0.1, 0.15) is 20.8 Å². The van der Waals surface area contributed by atoms with Gasteiger partial charge in [-0.3, -0.25) is 9.69 Å². The number of aromatic nitrogens is 2. The highest BCUT2D eigenvalue weighted by molar-refractivity contribution is 6.34. The molecule has 5 rings (SSSR count). The van der Waals surface area contributed by atoms with Crippen LogP contribution in [-0.2, 0) is 4.79 Å². The quantitative estimate of drug-likeness (QED) is 0.381. The Bertz CT molecular complexity index is 1510.